The Morgan fingerprint density at radius 2 is 2.53 bits per heavy atom. The van der Waals surface area contributed by atoms with Crippen LogP contribution in [-0.2, 0) is 11.2 Å². The lowest BCUT2D eigenvalue weighted by atomic mass is 10.2. The molecule has 6 heteroatoms. The number of carbonyl (C=O) groups excluding carboxylic acids is 1. The lowest BCUT2D eigenvalue weighted by molar-refractivity contribution is -0.131. The van der Waals surface area contributed by atoms with Crippen LogP contribution in [0.15, 0.2) is 22.2 Å². The van der Waals surface area contributed by atoms with Crippen LogP contribution in [0.4, 0.5) is 0 Å². The highest BCUT2D eigenvalue weighted by Crippen LogP contribution is 2.33. The highest BCUT2D eigenvalue weighted by atomic mass is 32.1. The standard InChI is InChI=1S/C13H15N3O2S/c1-9-7-10(18-15-9)8-12(17)16-5-2-3-11(16)13-14-4-6-19-13/h4,6-7,11H,2-3,5,8H2,1H3. The number of aromatic nitrogens is 2. The molecule has 0 N–H and O–H groups in total. The molecule has 0 spiro atoms. The summed E-state index contributed by atoms with van der Waals surface area (Å²) in [7, 11) is 0. The highest BCUT2D eigenvalue weighted by Gasteiger charge is 2.31. The summed E-state index contributed by atoms with van der Waals surface area (Å²) in [6.07, 6.45) is 4.10. The van der Waals surface area contributed by atoms with Crippen molar-refractivity contribution in [3.8, 4) is 0 Å². The maximum Gasteiger partial charge on any atom is 0.230 e. The Kier molecular flexibility index (Phi) is 3.33. The zero-order valence-corrected chi connectivity index (χ0v) is 11.5. The molecular formula is C13H15N3O2S. The summed E-state index contributed by atoms with van der Waals surface area (Å²) in [5, 5.41) is 6.79. The van der Waals surface area contributed by atoms with Crippen LogP contribution in [0.1, 0.15) is 35.3 Å². The molecule has 0 aliphatic carbocycles. The fourth-order valence-corrected chi connectivity index (χ4v) is 3.26. The molecule has 0 aromatic carbocycles. The third-order valence-corrected chi connectivity index (χ3v) is 4.19. The molecule has 0 radical (unpaired) electrons. The Bertz CT molecular complexity index is 564. The van der Waals surface area contributed by atoms with E-state index in [1.807, 2.05) is 23.3 Å². The number of likely N-dealkylation sites (tertiary alicyclic amines) is 1. The topological polar surface area (TPSA) is 59.2 Å². The van der Waals surface area contributed by atoms with Gasteiger partial charge in [-0.15, -0.1) is 11.3 Å². The smallest absolute Gasteiger partial charge is 0.230 e. The van der Waals surface area contributed by atoms with E-state index in [1.165, 1.54) is 0 Å². The van der Waals surface area contributed by atoms with Crippen molar-refractivity contribution in [2.45, 2.75) is 32.2 Å². The molecule has 1 unspecified atom stereocenters. The van der Waals surface area contributed by atoms with Gasteiger partial charge in [0.25, 0.3) is 0 Å². The third kappa shape index (κ3) is 2.53. The number of thiazole rings is 1. The Labute approximate surface area is 115 Å². The number of carbonyl (C=O) groups is 1. The molecule has 0 saturated carbocycles. The number of rotatable bonds is 3. The molecule has 0 bridgehead atoms. The van der Waals surface area contributed by atoms with Gasteiger partial charge in [-0.1, -0.05) is 5.16 Å². The molecule has 19 heavy (non-hydrogen) atoms. The number of aryl methyl sites for hydroxylation is 1. The summed E-state index contributed by atoms with van der Waals surface area (Å²) in [4.78, 5) is 18.6. The predicted molar refractivity (Wildman–Crippen MR) is 70.7 cm³/mol. The summed E-state index contributed by atoms with van der Waals surface area (Å²) in [5.74, 6) is 0.723. The van der Waals surface area contributed by atoms with Gasteiger partial charge in [-0.2, -0.15) is 0 Å². The Hall–Kier alpha value is -1.69. The normalized spacial score (nSPS) is 19.0. The van der Waals surface area contributed by atoms with E-state index in [-0.39, 0.29) is 18.4 Å². The van der Waals surface area contributed by atoms with Gasteiger partial charge in [0.05, 0.1) is 18.2 Å². The molecule has 1 saturated heterocycles. The second-order valence-electron chi connectivity index (χ2n) is 4.73. The van der Waals surface area contributed by atoms with E-state index in [1.54, 1.807) is 17.5 Å². The second-order valence-corrected chi connectivity index (χ2v) is 5.65. The molecule has 1 atom stereocenters. The van der Waals surface area contributed by atoms with Gasteiger partial charge in [0.2, 0.25) is 5.91 Å². The highest BCUT2D eigenvalue weighted by molar-refractivity contribution is 7.09. The summed E-state index contributed by atoms with van der Waals surface area (Å²) >= 11 is 1.61. The SMILES string of the molecule is Cc1cc(CC(=O)N2CCCC2c2nccs2)on1. The van der Waals surface area contributed by atoms with Crippen LogP contribution >= 0.6 is 11.3 Å². The fraction of sp³-hybridized carbons (Fsp3) is 0.462. The molecule has 3 heterocycles. The Balaban J connectivity index is 1.72. The van der Waals surface area contributed by atoms with Crippen LogP contribution in [0.25, 0.3) is 0 Å². The third-order valence-electron chi connectivity index (χ3n) is 3.31. The van der Waals surface area contributed by atoms with E-state index in [2.05, 4.69) is 10.1 Å². The summed E-state index contributed by atoms with van der Waals surface area (Å²) in [5.41, 5.74) is 0.806. The van der Waals surface area contributed by atoms with Crippen LogP contribution in [-0.4, -0.2) is 27.5 Å². The molecule has 1 fully saturated rings. The Morgan fingerprint density at radius 3 is 3.21 bits per heavy atom. The monoisotopic (exact) mass is 277 g/mol. The fourth-order valence-electron chi connectivity index (χ4n) is 2.47. The van der Waals surface area contributed by atoms with Crippen LogP contribution in [0.2, 0.25) is 0 Å². The lowest BCUT2D eigenvalue weighted by Crippen LogP contribution is -2.31. The summed E-state index contributed by atoms with van der Waals surface area (Å²) in [6, 6.07) is 1.95. The van der Waals surface area contributed by atoms with E-state index in [9.17, 15) is 4.79 Å². The minimum atomic E-state index is 0.0915. The molecule has 1 amide bonds. The number of hydrogen-bond donors (Lipinski definition) is 0. The zero-order valence-electron chi connectivity index (χ0n) is 10.7. The van der Waals surface area contributed by atoms with Gasteiger partial charge < -0.3 is 9.42 Å². The maximum atomic E-state index is 12.3. The molecule has 2 aromatic heterocycles. The second kappa shape index (κ2) is 5.13. The van der Waals surface area contributed by atoms with Gasteiger partial charge in [-0.3, -0.25) is 4.79 Å². The molecule has 1 aliphatic rings. The quantitative estimate of drug-likeness (QED) is 0.864. The van der Waals surface area contributed by atoms with E-state index in [0.717, 1.165) is 30.1 Å². The first-order chi connectivity index (χ1) is 9.24. The molecule has 1 aliphatic heterocycles. The number of hydrogen-bond acceptors (Lipinski definition) is 5. The first-order valence-corrected chi connectivity index (χ1v) is 7.23. The van der Waals surface area contributed by atoms with Crippen LogP contribution in [0.5, 0.6) is 0 Å². The Morgan fingerprint density at radius 1 is 1.63 bits per heavy atom. The molecular weight excluding hydrogens is 262 g/mol. The summed E-state index contributed by atoms with van der Waals surface area (Å²) < 4.78 is 5.11. The van der Waals surface area contributed by atoms with Gasteiger partial charge in [-0.25, -0.2) is 4.98 Å². The maximum absolute atomic E-state index is 12.3. The van der Waals surface area contributed by atoms with E-state index in [0.29, 0.717) is 5.76 Å². The van der Waals surface area contributed by atoms with E-state index in [4.69, 9.17) is 4.52 Å². The molecule has 2 aromatic rings. The molecule has 100 valence electrons. The number of nitrogens with zero attached hydrogens (tertiary/aromatic N) is 3. The molecule has 5 nitrogen and oxygen atoms in total. The van der Waals surface area contributed by atoms with Crippen molar-refractivity contribution in [3.63, 3.8) is 0 Å². The average molecular weight is 277 g/mol. The largest absolute Gasteiger partial charge is 0.361 e. The van der Waals surface area contributed by atoms with Crippen molar-refractivity contribution >= 4 is 17.2 Å². The first-order valence-electron chi connectivity index (χ1n) is 6.35. The molecule has 3 rings (SSSR count). The van der Waals surface area contributed by atoms with Crippen molar-refractivity contribution in [1.29, 1.82) is 0 Å². The zero-order chi connectivity index (χ0) is 13.2. The average Bonchev–Trinajstić information content (AvgIpc) is 3.07. The van der Waals surface area contributed by atoms with E-state index >= 15 is 0 Å². The number of amides is 1. The lowest BCUT2D eigenvalue weighted by Gasteiger charge is -2.22. The van der Waals surface area contributed by atoms with Crippen molar-refractivity contribution in [1.82, 2.24) is 15.0 Å². The van der Waals surface area contributed by atoms with E-state index < -0.39 is 0 Å². The van der Waals surface area contributed by atoms with Gasteiger partial charge in [0.1, 0.15) is 10.8 Å². The van der Waals surface area contributed by atoms with Crippen molar-refractivity contribution < 1.29 is 9.32 Å². The minimum Gasteiger partial charge on any atom is -0.361 e. The van der Waals surface area contributed by atoms with Gasteiger partial charge >= 0.3 is 0 Å². The van der Waals surface area contributed by atoms with Crippen LogP contribution in [0, 0.1) is 6.92 Å². The van der Waals surface area contributed by atoms with Crippen LogP contribution < -0.4 is 0 Å². The van der Waals surface area contributed by atoms with Crippen molar-refractivity contribution in [2.24, 2.45) is 0 Å². The van der Waals surface area contributed by atoms with Gasteiger partial charge in [-0.05, 0) is 19.8 Å². The minimum absolute atomic E-state index is 0.0915. The predicted octanol–water partition coefficient (Wildman–Crippen LogP) is 2.35. The first kappa shape index (κ1) is 12.3. The van der Waals surface area contributed by atoms with Crippen molar-refractivity contribution in [2.75, 3.05) is 6.54 Å². The van der Waals surface area contributed by atoms with Gasteiger partial charge in [0.15, 0.2) is 0 Å². The summed E-state index contributed by atoms with van der Waals surface area (Å²) in [6.45, 7) is 2.65. The van der Waals surface area contributed by atoms with Crippen molar-refractivity contribution in [3.05, 3.63) is 34.1 Å². The van der Waals surface area contributed by atoms with Crippen LogP contribution in [0.3, 0.4) is 0 Å². The van der Waals surface area contributed by atoms with Gasteiger partial charge in [0, 0.05) is 24.2 Å².